The number of piperazine rings is 1. The molecule has 1 aromatic heterocycles. The van der Waals surface area contributed by atoms with Gasteiger partial charge in [-0.2, -0.15) is 4.31 Å². The molecule has 1 N–H and O–H groups in total. The fourth-order valence-corrected chi connectivity index (χ4v) is 4.67. The number of carbonyl (C=O) groups excluding carboxylic acids is 2. The van der Waals surface area contributed by atoms with Gasteiger partial charge in [-0.25, -0.2) is 8.42 Å². The van der Waals surface area contributed by atoms with Crippen LogP contribution in [-0.2, 0) is 21.9 Å². The van der Waals surface area contributed by atoms with Crippen molar-refractivity contribution < 1.29 is 18.0 Å². The number of amides is 1. The smallest absolute Gasteiger partial charge is 0.244 e. The van der Waals surface area contributed by atoms with Gasteiger partial charge in [-0.05, 0) is 25.1 Å². The van der Waals surface area contributed by atoms with Crippen molar-refractivity contribution in [1.29, 1.82) is 0 Å². The zero-order valence-corrected chi connectivity index (χ0v) is 16.8. The first-order valence-corrected chi connectivity index (χ1v) is 10.5. The number of hydrogen-bond donors (Lipinski definition) is 1. The standard InChI is InChI=1S/C19H24N4O4S/c1-15(24)17-5-3-4-6-18(17)20-19(25)14-22-9-11-23(12-10-22)28(26,27)16-7-8-21(2)13-16/h3-8,13H,9-12,14H2,1-2H3,(H,20,25). The Morgan fingerprint density at radius 3 is 2.36 bits per heavy atom. The van der Waals surface area contributed by atoms with Crippen molar-refractivity contribution in [3.63, 3.8) is 0 Å². The van der Waals surface area contributed by atoms with Crippen LogP contribution in [0.3, 0.4) is 0 Å². The number of ketones is 1. The fourth-order valence-electron chi connectivity index (χ4n) is 3.20. The SMILES string of the molecule is CC(=O)c1ccccc1NC(=O)CN1CCN(S(=O)(=O)c2ccn(C)c2)CC1. The second-order valence-electron chi connectivity index (χ2n) is 6.84. The van der Waals surface area contributed by atoms with Gasteiger partial charge in [0.15, 0.2) is 5.78 Å². The molecule has 3 rings (SSSR count). The summed E-state index contributed by atoms with van der Waals surface area (Å²) < 4.78 is 28.5. The number of hydrogen-bond acceptors (Lipinski definition) is 5. The number of sulfonamides is 1. The third-order valence-corrected chi connectivity index (χ3v) is 6.60. The monoisotopic (exact) mass is 404 g/mol. The van der Waals surface area contributed by atoms with Crippen LogP contribution < -0.4 is 5.32 Å². The molecule has 2 aromatic rings. The maximum Gasteiger partial charge on any atom is 0.244 e. The molecular weight excluding hydrogens is 380 g/mol. The van der Waals surface area contributed by atoms with Crippen molar-refractivity contribution in [2.45, 2.75) is 11.8 Å². The molecule has 0 radical (unpaired) electrons. The van der Waals surface area contributed by atoms with Gasteiger partial charge in [0.2, 0.25) is 15.9 Å². The van der Waals surface area contributed by atoms with E-state index in [9.17, 15) is 18.0 Å². The van der Waals surface area contributed by atoms with E-state index in [4.69, 9.17) is 0 Å². The topological polar surface area (TPSA) is 91.7 Å². The van der Waals surface area contributed by atoms with E-state index in [0.29, 0.717) is 37.4 Å². The molecule has 9 heteroatoms. The van der Waals surface area contributed by atoms with Gasteiger partial charge in [0.1, 0.15) is 0 Å². The number of nitrogens with zero attached hydrogens (tertiary/aromatic N) is 3. The predicted octanol–water partition coefficient (Wildman–Crippen LogP) is 1.17. The molecule has 28 heavy (non-hydrogen) atoms. The van der Waals surface area contributed by atoms with Gasteiger partial charge in [0, 0.05) is 51.2 Å². The fraction of sp³-hybridized carbons (Fsp3) is 0.368. The molecule has 1 amide bonds. The molecule has 0 unspecified atom stereocenters. The molecule has 0 saturated carbocycles. The maximum absolute atomic E-state index is 12.7. The third-order valence-electron chi connectivity index (χ3n) is 4.72. The van der Waals surface area contributed by atoms with Crippen LogP contribution in [0.4, 0.5) is 5.69 Å². The number of aromatic nitrogens is 1. The summed E-state index contributed by atoms with van der Waals surface area (Å²) in [6.45, 7) is 3.19. The van der Waals surface area contributed by atoms with Gasteiger partial charge in [-0.1, -0.05) is 12.1 Å². The van der Waals surface area contributed by atoms with Crippen molar-refractivity contribution in [3.05, 3.63) is 48.3 Å². The lowest BCUT2D eigenvalue weighted by molar-refractivity contribution is -0.117. The summed E-state index contributed by atoms with van der Waals surface area (Å²) in [6, 6.07) is 8.46. The van der Waals surface area contributed by atoms with E-state index in [2.05, 4.69) is 5.32 Å². The Bertz CT molecular complexity index is 975. The minimum Gasteiger partial charge on any atom is -0.356 e. The highest BCUT2D eigenvalue weighted by atomic mass is 32.2. The maximum atomic E-state index is 12.7. The van der Waals surface area contributed by atoms with Gasteiger partial charge in [-0.15, -0.1) is 0 Å². The molecule has 1 saturated heterocycles. The molecule has 150 valence electrons. The highest BCUT2D eigenvalue weighted by Crippen LogP contribution is 2.18. The number of carbonyl (C=O) groups is 2. The zero-order chi connectivity index (χ0) is 20.3. The van der Waals surface area contributed by atoms with E-state index < -0.39 is 10.0 Å². The van der Waals surface area contributed by atoms with Crippen LogP contribution in [0.15, 0.2) is 47.6 Å². The first-order valence-electron chi connectivity index (χ1n) is 9.01. The van der Waals surface area contributed by atoms with Crippen molar-refractivity contribution in [3.8, 4) is 0 Å². The molecule has 1 aromatic carbocycles. The Hall–Kier alpha value is -2.49. The van der Waals surface area contributed by atoms with Crippen molar-refractivity contribution >= 4 is 27.4 Å². The van der Waals surface area contributed by atoms with Crippen LogP contribution in [-0.4, -0.2) is 66.6 Å². The van der Waals surface area contributed by atoms with Crippen molar-refractivity contribution in [2.24, 2.45) is 7.05 Å². The highest BCUT2D eigenvalue weighted by Gasteiger charge is 2.29. The first kappa shape index (κ1) is 20.2. The summed E-state index contributed by atoms with van der Waals surface area (Å²) in [5.41, 5.74) is 0.958. The van der Waals surface area contributed by atoms with Crippen LogP contribution in [0.5, 0.6) is 0 Å². The van der Waals surface area contributed by atoms with Crippen LogP contribution >= 0.6 is 0 Å². The Kier molecular flexibility index (Phi) is 5.97. The number of para-hydroxylation sites is 1. The van der Waals surface area contributed by atoms with Gasteiger partial charge < -0.3 is 9.88 Å². The number of aryl methyl sites for hydroxylation is 1. The van der Waals surface area contributed by atoms with E-state index in [1.54, 1.807) is 54.3 Å². The third kappa shape index (κ3) is 4.49. The number of rotatable bonds is 6. The molecule has 1 aliphatic heterocycles. The highest BCUT2D eigenvalue weighted by molar-refractivity contribution is 7.89. The normalized spacial score (nSPS) is 16.1. The second-order valence-corrected chi connectivity index (χ2v) is 8.78. The predicted molar refractivity (Wildman–Crippen MR) is 106 cm³/mol. The van der Waals surface area contributed by atoms with E-state index in [1.807, 2.05) is 4.90 Å². The van der Waals surface area contributed by atoms with E-state index >= 15 is 0 Å². The Labute approximate surface area is 164 Å². The molecule has 1 fully saturated rings. The molecule has 0 spiro atoms. The second kappa shape index (κ2) is 8.26. The number of anilines is 1. The summed E-state index contributed by atoms with van der Waals surface area (Å²) in [5.74, 6) is -0.344. The number of nitrogens with one attached hydrogen (secondary N) is 1. The lowest BCUT2D eigenvalue weighted by Crippen LogP contribution is -2.50. The summed E-state index contributed by atoms with van der Waals surface area (Å²) in [6.07, 6.45) is 3.29. The minimum absolute atomic E-state index is 0.115. The molecule has 8 nitrogen and oxygen atoms in total. The van der Waals surface area contributed by atoms with E-state index in [1.165, 1.54) is 11.2 Å². The van der Waals surface area contributed by atoms with Crippen LogP contribution in [0.1, 0.15) is 17.3 Å². The Balaban J connectivity index is 1.56. The summed E-state index contributed by atoms with van der Waals surface area (Å²) in [7, 11) is -1.73. The Morgan fingerprint density at radius 1 is 1.07 bits per heavy atom. The summed E-state index contributed by atoms with van der Waals surface area (Å²) in [5, 5.41) is 2.77. The lowest BCUT2D eigenvalue weighted by atomic mass is 10.1. The lowest BCUT2D eigenvalue weighted by Gasteiger charge is -2.33. The van der Waals surface area contributed by atoms with Gasteiger partial charge in [0.25, 0.3) is 0 Å². The average molecular weight is 404 g/mol. The zero-order valence-electron chi connectivity index (χ0n) is 16.0. The average Bonchev–Trinajstić information content (AvgIpc) is 3.09. The van der Waals surface area contributed by atoms with Crippen molar-refractivity contribution in [1.82, 2.24) is 13.8 Å². The summed E-state index contributed by atoms with van der Waals surface area (Å²) in [4.78, 5) is 26.2. The first-order chi connectivity index (χ1) is 13.3. The minimum atomic E-state index is -3.51. The van der Waals surface area contributed by atoms with Crippen molar-refractivity contribution in [2.75, 3.05) is 38.0 Å². The molecule has 0 atom stereocenters. The van der Waals surface area contributed by atoms with Gasteiger partial charge >= 0.3 is 0 Å². The Morgan fingerprint density at radius 2 is 1.75 bits per heavy atom. The molecule has 1 aliphatic rings. The molecular formula is C19H24N4O4S. The van der Waals surface area contributed by atoms with Crippen LogP contribution in [0.2, 0.25) is 0 Å². The summed E-state index contributed by atoms with van der Waals surface area (Å²) >= 11 is 0. The molecule has 0 bridgehead atoms. The van der Waals surface area contributed by atoms with Crippen LogP contribution in [0.25, 0.3) is 0 Å². The van der Waals surface area contributed by atoms with E-state index in [-0.39, 0.29) is 23.1 Å². The van der Waals surface area contributed by atoms with Gasteiger partial charge in [-0.3, -0.25) is 14.5 Å². The van der Waals surface area contributed by atoms with Gasteiger partial charge in [0.05, 0.1) is 17.1 Å². The molecule has 0 aliphatic carbocycles. The number of Topliss-reactive ketones (excluding diaryl/α,β-unsaturated/α-hetero) is 1. The largest absolute Gasteiger partial charge is 0.356 e. The number of benzene rings is 1. The quantitative estimate of drug-likeness (QED) is 0.730. The van der Waals surface area contributed by atoms with Crippen LogP contribution in [0, 0.1) is 0 Å². The molecule has 2 heterocycles. The van der Waals surface area contributed by atoms with E-state index in [0.717, 1.165) is 0 Å².